The second kappa shape index (κ2) is 6.22. The molecule has 5 N–H and O–H groups in total. The maximum atomic E-state index is 11.6. The summed E-state index contributed by atoms with van der Waals surface area (Å²) in [5.41, 5.74) is 6.61. The van der Waals surface area contributed by atoms with Crippen molar-refractivity contribution in [2.45, 2.75) is 25.4 Å². The van der Waals surface area contributed by atoms with Gasteiger partial charge in [0.1, 0.15) is 5.75 Å². The quantitative estimate of drug-likeness (QED) is 0.569. The molecule has 0 heterocycles. The molecule has 0 fully saturated rings. The molecule has 0 saturated carbocycles. The minimum atomic E-state index is -0.659. The molecule has 0 aliphatic rings. The van der Waals surface area contributed by atoms with Gasteiger partial charge in [0.2, 0.25) is 5.91 Å². The van der Waals surface area contributed by atoms with Crippen LogP contribution in [0, 0.1) is 0 Å². The van der Waals surface area contributed by atoms with Gasteiger partial charge in [-0.15, -0.1) is 0 Å². The van der Waals surface area contributed by atoms with E-state index in [9.17, 15) is 4.79 Å². The summed E-state index contributed by atoms with van der Waals surface area (Å²) in [4.78, 5) is 11.6. The molecular formula is C12H18N2O3. The predicted octanol–water partition coefficient (Wildman–Crippen LogP) is -0.241. The van der Waals surface area contributed by atoms with E-state index in [-0.39, 0.29) is 24.3 Å². The molecule has 5 nitrogen and oxygen atoms in total. The Bertz CT molecular complexity index is 365. The third-order valence-electron chi connectivity index (χ3n) is 2.39. The highest BCUT2D eigenvalue weighted by molar-refractivity contribution is 5.82. The summed E-state index contributed by atoms with van der Waals surface area (Å²) < 4.78 is 0. The molecule has 1 rings (SSSR count). The van der Waals surface area contributed by atoms with E-state index in [1.807, 2.05) is 0 Å². The van der Waals surface area contributed by atoms with Crippen LogP contribution in [0.2, 0.25) is 0 Å². The zero-order valence-electron chi connectivity index (χ0n) is 9.76. The number of phenols is 1. The number of amides is 1. The minimum absolute atomic E-state index is 0.113. The predicted molar refractivity (Wildman–Crippen MR) is 64.5 cm³/mol. The van der Waals surface area contributed by atoms with Crippen LogP contribution in [-0.4, -0.2) is 34.8 Å². The maximum absolute atomic E-state index is 11.6. The molecule has 1 aromatic rings. The Morgan fingerprint density at radius 1 is 1.41 bits per heavy atom. The van der Waals surface area contributed by atoms with Crippen molar-refractivity contribution < 1.29 is 15.0 Å². The standard InChI is InChI=1S/C12H18N2O3/c1-8(7-15)14-12(17)11(13)6-9-2-4-10(16)5-3-9/h2-5,8,11,15-16H,6-7,13H2,1H3,(H,14,17)/t8-,11?/m0/s1. The molecule has 2 atom stereocenters. The van der Waals surface area contributed by atoms with Crippen LogP contribution in [0.15, 0.2) is 24.3 Å². The first-order chi connectivity index (χ1) is 8.02. The smallest absolute Gasteiger partial charge is 0.237 e. The summed E-state index contributed by atoms with van der Waals surface area (Å²) in [7, 11) is 0. The average molecular weight is 238 g/mol. The molecule has 94 valence electrons. The lowest BCUT2D eigenvalue weighted by Gasteiger charge is -2.15. The van der Waals surface area contributed by atoms with E-state index in [1.54, 1.807) is 31.2 Å². The minimum Gasteiger partial charge on any atom is -0.508 e. The first-order valence-corrected chi connectivity index (χ1v) is 5.47. The van der Waals surface area contributed by atoms with Gasteiger partial charge < -0.3 is 21.3 Å². The highest BCUT2D eigenvalue weighted by Crippen LogP contribution is 2.10. The number of nitrogens with one attached hydrogen (secondary N) is 1. The number of carbonyl (C=O) groups is 1. The molecule has 0 radical (unpaired) electrons. The maximum Gasteiger partial charge on any atom is 0.237 e. The molecule has 17 heavy (non-hydrogen) atoms. The second-order valence-electron chi connectivity index (χ2n) is 4.07. The number of aliphatic hydroxyl groups is 1. The van der Waals surface area contributed by atoms with Crippen LogP contribution in [0.5, 0.6) is 5.75 Å². The van der Waals surface area contributed by atoms with Crippen LogP contribution < -0.4 is 11.1 Å². The highest BCUT2D eigenvalue weighted by Gasteiger charge is 2.15. The Kier molecular flexibility index (Phi) is 4.93. The van der Waals surface area contributed by atoms with Gasteiger partial charge in [-0.3, -0.25) is 4.79 Å². The Morgan fingerprint density at radius 3 is 2.53 bits per heavy atom. The topological polar surface area (TPSA) is 95.6 Å². The van der Waals surface area contributed by atoms with Crippen molar-refractivity contribution in [2.24, 2.45) is 5.73 Å². The highest BCUT2D eigenvalue weighted by atomic mass is 16.3. The summed E-state index contributed by atoms with van der Waals surface area (Å²) in [5, 5.41) is 20.5. The van der Waals surface area contributed by atoms with Gasteiger partial charge in [0.25, 0.3) is 0 Å². The zero-order chi connectivity index (χ0) is 12.8. The molecule has 0 aliphatic heterocycles. The van der Waals surface area contributed by atoms with Gasteiger partial charge in [-0.2, -0.15) is 0 Å². The first kappa shape index (κ1) is 13.5. The van der Waals surface area contributed by atoms with Crippen LogP contribution in [0.25, 0.3) is 0 Å². The normalized spacial score (nSPS) is 14.1. The van der Waals surface area contributed by atoms with Crippen molar-refractivity contribution in [2.75, 3.05) is 6.61 Å². The van der Waals surface area contributed by atoms with Crippen LogP contribution in [-0.2, 0) is 11.2 Å². The molecule has 1 amide bonds. The number of aromatic hydroxyl groups is 1. The summed E-state index contributed by atoms with van der Waals surface area (Å²) in [5.74, 6) is -0.111. The average Bonchev–Trinajstić information content (AvgIpc) is 2.31. The van der Waals surface area contributed by atoms with Gasteiger partial charge >= 0.3 is 0 Å². The lowest BCUT2D eigenvalue weighted by Crippen LogP contribution is -2.46. The molecule has 0 aliphatic carbocycles. The van der Waals surface area contributed by atoms with E-state index in [2.05, 4.69) is 5.32 Å². The summed E-state index contributed by atoms with van der Waals surface area (Å²) in [6.45, 7) is 1.59. The van der Waals surface area contributed by atoms with Crippen molar-refractivity contribution in [1.29, 1.82) is 0 Å². The molecule has 0 saturated heterocycles. The van der Waals surface area contributed by atoms with E-state index in [4.69, 9.17) is 15.9 Å². The lowest BCUT2D eigenvalue weighted by molar-refractivity contribution is -0.123. The summed E-state index contributed by atoms with van der Waals surface area (Å²) >= 11 is 0. The van der Waals surface area contributed by atoms with Gasteiger partial charge in [0, 0.05) is 6.04 Å². The molecule has 5 heteroatoms. The van der Waals surface area contributed by atoms with Crippen LogP contribution in [0.3, 0.4) is 0 Å². The van der Waals surface area contributed by atoms with E-state index in [0.717, 1.165) is 5.56 Å². The molecule has 1 unspecified atom stereocenters. The van der Waals surface area contributed by atoms with Gasteiger partial charge in [-0.25, -0.2) is 0 Å². The number of hydrogen-bond donors (Lipinski definition) is 4. The number of hydrogen-bond acceptors (Lipinski definition) is 4. The van der Waals surface area contributed by atoms with Gasteiger partial charge in [-0.05, 0) is 31.0 Å². The Morgan fingerprint density at radius 2 is 2.00 bits per heavy atom. The Labute approximate surface area is 100 Å². The second-order valence-corrected chi connectivity index (χ2v) is 4.07. The van der Waals surface area contributed by atoms with Crippen molar-refractivity contribution in [1.82, 2.24) is 5.32 Å². The van der Waals surface area contributed by atoms with E-state index in [0.29, 0.717) is 6.42 Å². The fourth-order valence-corrected chi connectivity index (χ4v) is 1.37. The first-order valence-electron chi connectivity index (χ1n) is 5.47. The number of benzene rings is 1. The third-order valence-corrected chi connectivity index (χ3v) is 2.39. The lowest BCUT2D eigenvalue weighted by atomic mass is 10.1. The fraction of sp³-hybridized carbons (Fsp3) is 0.417. The van der Waals surface area contributed by atoms with Crippen LogP contribution >= 0.6 is 0 Å². The van der Waals surface area contributed by atoms with E-state index >= 15 is 0 Å². The van der Waals surface area contributed by atoms with Gasteiger partial charge in [0.05, 0.1) is 12.6 Å². The van der Waals surface area contributed by atoms with Crippen LogP contribution in [0.1, 0.15) is 12.5 Å². The van der Waals surface area contributed by atoms with Crippen molar-refractivity contribution in [3.63, 3.8) is 0 Å². The summed E-state index contributed by atoms with van der Waals surface area (Å²) in [6.07, 6.45) is 0.393. The Balaban J connectivity index is 2.51. The molecule has 0 aromatic heterocycles. The van der Waals surface area contributed by atoms with E-state index in [1.165, 1.54) is 0 Å². The third kappa shape index (κ3) is 4.42. The molecule has 1 aromatic carbocycles. The number of phenolic OH excluding ortho intramolecular Hbond substituents is 1. The number of nitrogens with two attached hydrogens (primary N) is 1. The number of rotatable bonds is 5. The van der Waals surface area contributed by atoms with Gasteiger partial charge in [0.15, 0.2) is 0 Å². The molecule has 0 spiro atoms. The summed E-state index contributed by atoms with van der Waals surface area (Å²) in [6, 6.07) is 5.59. The fourth-order valence-electron chi connectivity index (χ4n) is 1.37. The zero-order valence-corrected chi connectivity index (χ0v) is 9.76. The van der Waals surface area contributed by atoms with E-state index < -0.39 is 6.04 Å². The number of aliphatic hydroxyl groups excluding tert-OH is 1. The van der Waals surface area contributed by atoms with Crippen molar-refractivity contribution in [3.8, 4) is 5.75 Å². The number of carbonyl (C=O) groups excluding carboxylic acids is 1. The Hall–Kier alpha value is -1.59. The SMILES string of the molecule is C[C@@H](CO)NC(=O)C(N)Cc1ccc(O)cc1. The van der Waals surface area contributed by atoms with Crippen LogP contribution in [0.4, 0.5) is 0 Å². The van der Waals surface area contributed by atoms with Crippen molar-refractivity contribution in [3.05, 3.63) is 29.8 Å². The van der Waals surface area contributed by atoms with Gasteiger partial charge in [-0.1, -0.05) is 12.1 Å². The molecular weight excluding hydrogens is 220 g/mol. The molecule has 0 bridgehead atoms. The largest absolute Gasteiger partial charge is 0.508 e. The monoisotopic (exact) mass is 238 g/mol. The van der Waals surface area contributed by atoms with Crippen molar-refractivity contribution >= 4 is 5.91 Å².